The highest BCUT2D eigenvalue weighted by atomic mass is 15.2. The summed E-state index contributed by atoms with van der Waals surface area (Å²) in [5.74, 6) is 0. The van der Waals surface area contributed by atoms with E-state index < -0.39 is 0 Å². The van der Waals surface area contributed by atoms with Crippen molar-refractivity contribution in [2.75, 3.05) is 13.1 Å². The molecule has 2 nitrogen and oxygen atoms in total. The van der Waals surface area contributed by atoms with Gasteiger partial charge in [-0.3, -0.25) is 4.90 Å². The molecule has 0 aromatic rings. The molecule has 0 amide bonds. The Morgan fingerprint density at radius 3 is 1.81 bits per heavy atom. The molecule has 0 saturated heterocycles. The number of hydrogen-bond acceptors (Lipinski definition) is 2. The molecule has 0 radical (unpaired) electrons. The van der Waals surface area contributed by atoms with Gasteiger partial charge in [-0.25, -0.2) is 0 Å². The molecule has 0 heterocycles. The molecule has 128 valence electrons. The zero-order chi connectivity index (χ0) is 15.9. The van der Waals surface area contributed by atoms with E-state index in [4.69, 9.17) is 5.73 Å². The van der Waals surface area contributed by atoms with Gasteiger partial charge in [0.2, 0.25) is 0 Å². The van der Waals surface area contributed by atoms with E-state index in [0.29, 0.717) is 12.1 Å². The minimum absolute atomic E-state index is 0.595. The lowest BCUT2D eigenvalue weighted by molar-refractivity contribution is 0.143. The number of nitrogens with two attached hydrogens (primary N) is 1. The SMILES string of the molecule is CCCCCCCCCC(CN)N(CCCCC)C(C)C. The summed E-state index contributed by atoms with van der Waals surface area (Å²) in [6, 6.07) is 1.22. The Balaban J connectivity index is 3.91. The largest absolute Gasteiger partial charge is 0.329 e. The molecular weight excluding hydrogens is 256 g/mol. The van der Waals surface area contributed by atoms with E-state index in [2.05, 4.69) is 32.6 Å². The van der Waals surface area contributed by atoms with Crippen LogP contribution in [-0.2, 0) is 0 Å². The summed E-state index contributed by atoms with van der Waals surface area (Å²) in [4.78, 5) is 2.65. The van der Waals surface area contributed by atoms with Gasteiger partial charge in [0.25, 0.3) is 0 Å². The fourth-order valence-electron chi connectivity index (χ4n) is 3.16. The highest BCUT2D eigenvalue weighted by Gasteiger charge is 2.18. The van der Waals surface area contributed by atoms with Crippen molar-refractivity contribution in [3.05, 3.63) is 0 Å². The molecule has 21 heavy (non-hydrogen) atoms. The van der Waals surface area contributed by atoms with E-state index >= 15 is 0 Å². The maximum Gasteiger partial charge on any atom is 0.0221 e. The second-order valence-electron chi connectivity index (χ2n) is 6.84. The van der Waals surface area contributed by atoms with E-state index in [1.165, 1.54) is 77.2 Å². The molecule has 2 N–H and O–H groups in total. The second-order valence-corrected chi connectivity index (χ2v) is 6.84. The van der Waals surface area contributed by atoms with Crippen molar-refractivity contribution in [1.82, 2.24) is 4.90 Å². The molecule has 1 atom stereocenters. The summed E-state index contributed by atoms with van der Waals surface area (Å²) in [5.41, 5.74) is 6.05. The maximum atomic E-state index is 6.05. The first-order chi connectivity index (χ1) is 10.2. The molecule has 0 aliphatic rings. The topological polar surface area (TPSA) is 29.3 Å². The van der Waals surface area contributed by atoms with Gasteiger partial charge in [-0.05, 0) is 33.2 Å². The lowest BCUT2D eigenvalue weighted by Crippen LogP contribution is -2.45. The lowest BCUT2D eigenvalue weighted by Gasteiger charge is -2.34. The first kappa shape index (κ1) is 20.9. The molecule has 0 fully saturated rings. The van der Waals surface area contributed by atoms with Gasteiger partial charge in [-0.2, -0.15) is 0 Å². The van der Waals surface area contributed by atoms with Crippen LogP contribution in [0.4, 0.5) is 0 Å². The quantitative estimate of drug-likeness (QED) is 0.413. The molecule has 2 heteroatoms. The summed E-state index contributed by atoms with van der Waals surface area (Å²) >= 11 is 0. The summed E-state index contributed by atoms with van der Waals surface area (Å²) in [5, 5.41) is 0. The summed E-state index contributed by atoms with van der Waals surface area (Å²) in [6.07, 6.45) is 15.0. The van der Waals surface area contributed by atoms with Crippen molar-refractivity contribution < 1.29 is 0 Å². The Morgan fingerprint density at radius 2 is 1.29 bits per heavy atom. The van der Waals surface area contributed by atoms with Gasteiger partial charge >= 0.3 is 0 Å². The fraction of sp³-hybridized carbons (Fsp3) is 1.00. The maximum absolute atomic E-state index is 6.05. The van der Waals surface area contributed by atoms with Crippen LogP contribution >= 0.6 is 0 Å². The van der Waals surface area contributed by atoms with E-state index in [0.717, 1.165) is 6.54 Å². The molecule has 0 saturated carbocycles. The van der Waals surface area contributed by atoms with E-state index in [-0.39, 0.29) is 0 Å². The lowest BCUT2D eigenvalue weighted by atomic mass is 10.0. The van der Waals surface area contributed by atoms with Crippen molar-refractivity contribution in [1.29, 1.82) is 0 Å². The van der Waals surface area contributed by atoms with E-state index in [1.54, 1.807) is 0 Å². The average Bonchev–Trinajstić information content (AvgIpc) is 2.47. The third-order valence-electron chi connectivity index (χ3n) is 4.57. The van der Waals surface area contributed by atoms with Gasteiger partial charge in [0, 0.05) is 18.6 Å². The van der Waals surface area contributed by atoms with Crippen LogP contribution in [0.2, 0.25) is 0 Å². The summed E-state index contributed by atoms with van der Waals surface area (Å²) < 4.78 is 0. The zero-order valence-corrected chi connectivity index (χ0v) is 15.4. The number of hydrogen-bond donors (Lipinski definition) is 1. The van der Waals surface area contributed by atoms with Crippen molar-refractivity contribution >= 4 is 0 Å². The Kier molecular flexibility index (Phi) is 14.8. The van der Waals surface area contributed by atoms with Crippen LogP contribution in [0.25, 0.3) is 0 Å². The fourth-order valence-corrected chi connectivity index (χ4v) is 3.16. The van der Waals surface area contributed by atoms with Gasteiger partial charge in [-0.15, -0.1) is 0 Å². The first-order valence-corrected chi connectivity index (χ1v) is 9.63. The Labute approximate surface area is 134 Å². The van der Waals surface area contributed by atoms with E-state index in [9.17, 15) is 0 Å². The van der Waals surface area contributed by atoms with Crippen LogP contribution in [0.5, 0.6) is 0 Å². The minimum atomic E-state index is 0.595. The highest BCUT2D eigenvalue weighted by molar-refractivity contribution is 4.75. The predicted molar refractivity (Wildman–Crippen MR) is 96.8 cm³/mol. The van der Waals surface area contributed by atoms with Crippen molar-refractivity contribution in [2.24, 2.45) is 5.73 Å². The van der Waals surface area contributed by atoms with Crippen molar-refractivity contribution in [3.8, 4) is 0 Å². The molecule has 0 spiro atoms. The highest BCUT2D eigenvalue weighted by Crippen LogP contribution is 2.15. The Bertz CT molecular complexity index is 204. The second kappa shape index (κ2) is 14.8. The predicted octanol–water partition coefficient (Wildman–Crippen LogP) is 5.36. The Hall–Kier alpha value is -0.0800. The van der Waals surface area contributed by atoms with Gasteiger partial charge in [0.05, 0.1) is 0 Å². The van der Waals surface area contributed by atoms with Crippen LogP contribution in [-0.4, -0.2) is 30.1 Å². The van der Waals surface area contributed by atoms with Crippen molar-refractivity contribution in [3.63, 3.8) is 0 Å². The molecule has 0 rings (SSSR count). The number of rotatable bonds is 15. The number of unbranched alkanes of at least 4 members (excludes halogenated alkanes) is 8. The molecule has 0 aromatic heterocycles. The van der Waals surface area contributed by atoms with Gasteiger partial charge in [-0.1, -0.05) is 71.6 Å². The van der Waals surface area contributed by atoms with Gasteiger partial charge in [0.15, 0.2) is 0 Å². The van der Waals surface area contributed by atoms with E-state index in [1.807, 2.05) is 0 Å². The van der Waals surface area contributed by atoms with Crippen LogP contribution in [0.1, 0.15) is 98.3 Å². The zero-order valence-electron chi connectivity index (χ0n) is 15.4. The third-order valence-corrected chi connectivity index (χ3v) is 4.57. The smallest absolute Gasteiger partial charge is 0.0221 e. The monoisotopic (exact) mass is 298 g/mol. The molecule has 0 aromatic carbocycles. The van der Waals surface area contributed by atoms with Crippen LogP contribution in [0, 0.1) is 0 Å². The summed E-state index contributed by atoms with van der Waals surface area (Å²) in [6.45, 7) is 11.2. The van der Waals surface area contributed by atoms with Crippen LogP contribution in [0.15, 0.2) is 0 Å². The van der Waals surface area contributed by atoms with Gasteiger partial charge in [0.1, 0.15) is 0 Å². The molecular formula is C19H42N2. The van der Waals surface area contributed by atoms with Crippen LogP contribution in [0.3, 0.4) is 0 Å². The Morgan fingerprint density at radius 1 is 0.762 bits per heavy atom. The van der Waals surface area contributed by atoms with Crippen LogP contribution < -0.4 is 5.73 Å². The summed E-state index contributed by atoms with van der Waals surface area (Å²) in [7, 11) is 0. The molecule has 1 unspecified atom stereocenters. The van der Waals surface area contributed by atoms with Gasteiger partial charge < -0.3 is 5.73 Å². The average molecular weight is 299 g/mol. The molecule has 0 aliphatic heterocycles. The first-order valence-electron chi connectivity index (χ1n) is 9.63. The molecule has 0 aliphatic carbocycles. The standard InChI is InChI=1S/C19H42N2/c1-5-7-9-10-11-12-13-15-19(17-20)21(18(3)4)16-14-8-6-2/h18-19H,5-17,20H2,1-4H3. The third kappa shape index (κ3) is 11.2. The minimum Gasteiger partial charge on any atom is -0.329 e. The van der Waals surface area contributed by atoms with Crippen molar-refractivity contribution in [2.45, 2.75) is 110 Å². The normalized spacial score (nSPS) is 13.3. The number of nitrogens with zero attached hydrogens (tertiary/aromatic N) is 1. The molecule has 0 bridgehead atoms.